The summed E-state index contributed by atoms with van der Waals surface area (Å²) in [5.41, 5.74) is 8.29. The standard InChI is InChI=1S/C19H22N2O/c20-12-17-13-21(14-18(17)16-9-5-2-6-10-16)19(22)11-15-7-3-1-4-8-15/h1-10,17-18H,11-14,20H2/t17-,18+/m1/s1. The van der Waals surface area contributed by atoms with Crippen molar-refractivity contribution in [2.24, 2.45) is 11.7 Å². The van der Waals surface area contributed by atoms with Crippen LogP contribution in [0.4, 0.5) is 0 Å². The molecule has 3 heteroatoms. The Hall–Kier alpha value is -2.13. The van der Waals surface area contributed by atoms with Crippen molar-refractivity contribution in [1.29, 1.82) is 0 Å². The van der Waals surface area contributed by atoms with Crippen LogP contribution in [0, 0.1) is 5.92 Å². The van der Waals surface area contributed by atoms with Crippen molar-refractivity contribution in [3.8, 4) is 0 Å². The number of nitrogens with two attached hydrogens (primary N) is 1. The van der Waals surface area contributed by atoms with Crippen LogP contribution in [-0.4, -0.2) is 30.4 Å². The van der Waals surface area contributed by atoms with Gasteiger partial charge in [-0.1, -0.05) is 60.7 Å². The van der Waals surface area contributed by atoms with Crippen LogP contribution in [0.15, 0.2) is 60.7 Å². The second-order valence-corrected chi connectivity index (χ2v) is 5.97. The zero-order valence-electron chi connectivity index (χ0n) is 12.7. The van der Waals surface area contributed by atoms with Crippen LogP contribution in [0.3, 0.4) is 0 Å². The van der Waals surface area contributed by atoms with Gasteiger partial charge in [0.05, 0.1) is 6.42 Å². The zero-order chi connectivity index (χ0) is 15.4. The lowest BCUT2D eigenvalue weighted by Crippen LogP contribution is -2.31. The third-order valence-electron chi connectivity index (χ3n) is 4.52. The predicted octanol–water partition coefficient (Wildman–Crippen LogP) is 2.43. The van der Waals surface area contributed by atoms with Crippen LogP contribution in [0.2, 0.25) is 0 Å². The van der Waals surface area contributed by atoms with E-state index in [0.717, 1.165) is 18.7 Å². The smallest absolute Gasteiger partial charge is 0.227 e. The molecule has 2 atom stereocenters. The molecular weight excluding hydrogens is 272 g/mol. The Kier molecular flexibility index (Phi) is 4.54. The van der Waals surface area contributed by atoms with Crippen molar-refractivity contribution >= 4 is 5.91 Å². The van der Waals surface area contributed by atoms with Gasteiger partial charge < -0.3 is 10.6 Å². The van der Waals surface area contributed by atoms with Gasteiger partial charge in [0.15, 0.2) is 0 Å². The second-order valence-electron chi connectivity index (χ2n) is 5.97. The van der Waals surface area contributed by atoms with Gasteiger partial charge in [-0.25, -0.2) is 0 Å². The van der Waals surface area contributed by atoms with E-state index >= 15 is 0 Å². The van der Waals surface area contributed by atoms with Gasteiger partial charge in [0.2, 0.25) is 5.91 Å². The molecule has 0 saturated carbocycles. The maximum absolute atomic E-state index is 12.5. The largest absolute Gasteiger partial charge is 0.341 e. The minimum Gasteiger partial charge on any atom is -0.341 e. The molecule has 2 aromatic rings. The summed E-state index contributed by atoms with van der Waals surface area (Å²) in [7, 11) is 0. The molecule has 3 rings (SSSR count). The highest BCUT2D eigenvalue weighted by Gasteiger charge is 2.34. The van der Waals surface area contributed by atoms with Gasteiger partial charge in [-0.2, -0.15) is 0 Å². The molecule has 0 radical (unpaired) electrons. The van der Waals surface area contributed by atoms with Crippen LogP contribution in [0.25, 0.3) is 0 Å². The fourth-order valence-corrected chi connectivity index (χ4v) is 3.27. The van der Waals surface area contributed by atoms with E-state index in [1.807, 2.05) is 41.3 Å². The van der Waals surface area contributed by atoms with Crippen LogP contribution in [-0.2, 0) is 11.2 Å². The summed E-state index contributed by atoms with van der Waals surface area (Å²) in [6.45, 7) is 2.16. The quantitative estimate of drug-likeness (QED) is 0.941. The summed E-state index contributed by atoms with van der Waals surface area (Å²) in [6.07, 6.45) is 0.472. The molecule has 2 N–H and O–H groups in total. The monoisotopic (exact) mass is 294 g/mol. The molecule has 1 aliphatic rings. The van der Waals surface area contributed by atoms with Crippen LogP contribution < -0.4 is 5.73 Å². The third kappa shape index (κ3) is 3.20. The molecular formula is C19H22N2O. The van der Waals surface area contributed by atoms with Gasteiger partial charge in [0, 0.05) is 19.0 Å². The topological polar surface area (TPSA) is 46.3 Å². The van der Waals surface area contributed by atoms with Gasteiger partial charge in [0.25, 0.3) is 0 Å². The molecule has 0 spiro atoms. The molecule has 1 heterocycles. The van der Waals surface area contributed by atoms with E-state index in [4.69, 9.17) is 5.73 Å². The van der Waals surface area contributed by atoms with Crippen LogP contribution >= 0.6 is 0 Å². The van der Waals surface area contributed by atoms with Crippen molar-refractivity contribution in [2.45, 2.75) is 12.3 Å². The van der Waals surface area contributed by atoms with Gasteiger partial charge >= 0.3 is 0 Å². The zero-order valence-corrected chi connectivity index (χ0v) is 12.7. The molecule has 1 aliphatic heterocycles. The number of carbonyl (C=O) groups is 1. The highest BCUT2D eigenvalue weighted by Crippen LogP contribution is 2.32. The number of carbonyl (C=O) groups excluding carboxylic acids is 1. The molecule has 1 fully saturated rings. The van der Waals surface area contributed by atoms with Crippen molar-refractivity contribution in [2.75, 3.05) is 19.6 Å². The Balaban J connectivity index is 1.70. The van der Waals surface area contributed by atoms with E-state index < -0.39 is 0 Å². The Bertz CT molecular complexity index is 612. The van der Waals surface area contributed by atoms with Gasteiger partial charge in [-0.15, -0.1) is 0 Å². The number of benzene rings is 2. The normalized spacial score (nSPS) is 21.0. The van der Waals surface area contributed by atoms with Crippen LogP contribution in [0.5, 0.6) is 0 Å². The number of hydrogen-bond acceptors (Lipinski definition) is 2. The number of likely N-dealkylation sites (tertiary alicyclic amines) is 1. The summed E-state index contributed by atoms with van der Waals surface area (Å²) in [6, 6.07) is 20.3. The molecule has 0 bridgehead atoms. The molecule has 114 valence electrons. The fourth-order valence-electron chi connectivity index (χ4n) is 3.27. The lowest BCUT2D eigenvalue weighted by Gasteiger charge is -2.17. The molecule has 22 heavy (non-hydrogen) atoms. The molecule has 0 aliphatic carbocycles. The van der Waals surface area contributed by atoms with Gasteiger partial charge in [0.1, 0.15) is 0 Å². The highest BCUT2D eigenvalue weighted by atomic mass is 16.2. The number of amides is 1. The predicted molar refractivity (Wildman–Crippen MR) is 88.5 cm³/mol. The van der Waals surface area contributed by atoms with E-state index in [1.54, 1.807) is 0 Å². The molecule has 2 aromatic carbocycles. The Morgan fingerprint density at radius 3 is 2.27 bits per heavy atom. The van der Waals surface area contributed by atoms with Gasteiger partial charge in [-0.05, 0) is 23.6 Å². The molecule has 1 amide bonds. The maximum Gasteiger partial charge on any atom is 0.227 e. The number of hydrogen-bond donors (Lipinski definition) is 1. The van der Waals surface area contributed by atoms with Crippen LogP contribution in [0.1, 0.15) is 17.0 Å². The first-order valence-electron chi connectivity index (χ1n) is 7.84. The minimum absolute atomic E-state index is 0.197. The number of rotatable bonds is 4. The summed E-state index contributed by atoms with van der Waals surface area (Å²) in [5, 5.41) is 0. The lowest BCUT2D eigenvalue weighted by atomic mass is 9.89. The van der Waals surface area contributed by atoms with E-state index in [2.05, 4.69) is 24.3 Å². The summed E-state index contributed by atoms with van der Waals surface area (Å²) in [4.78, 5) is 14.5. The Morgan fingerprint density at radius 2 is 1.64 bits per heavy atom. The second kappa shape index (κ2) is 6.75. The van der Waals surface area contributed by atoms with E-state index in [0.29, 0.717) is 24.8 Å². The summed E-state index contributed by atoms with van der Waals surface area (Å²) >= 11 is 0. The van der Waals surface area contributed by atoms with Crippen molar-refractivity contribution in [3.05, 3.63) is 71.8 Å². The molecule has 0 aromatic heterocycles. The summed E-state index contributed by atoms with van der Waals surface area (Å²) < 4.78 is 0. The van der Waals surface area contributed by atoms with Crippen molar-refractivity contribution in [3.63, 3.8) is 0 Å². The maximum atomic E-state index is 12.5. The summed E-state index contributed by atoms with van der Waals surface area (Å²) in [5.74, 6) is 0.899. The first kappa shape index (κ1) is 14.8. The van der Waals surface area contributed by atoms with E-state index in [1.165, 1.54) is 5.56 Å². The van der Waals surface area contributed by atoms with Crippen molar-refractivity contribution in [1.82, 2.24) is 4.90 Å². The van der Waals surface area contributed by atoms with E-state index in [-0.39, 0.29) is 5.91 Å². The fraction of sp³-hybridized carbons (Fsp3) is 0.316. The molecule has 1 saturated heterocycles. The average Bonchev–Trinajstić information content (AvgIpc) is 3.01. The third-order valence-corrected chi connectivity index (χ3v) is 4.52. The highest BCUT2D eigenvalue weighted by molar-refractivity contribution is 5.79. The Morgan fingerprint density at radius 1 is 1.00 bits per heavy atom. The van der Waals surface area contributed by atoms with E-state index in [9.17, 15) is 4.79 Å². The van der Waals surface area contributed by atoms with Gasteiger partial charge in [-0.3, -0.25) is 4.79 Å². The lowest BCUT2D eigenvalue weighted by molar-refractivity contribution is -0.129. The average molecular weight is 294 g/mol. The first-order valence-corrected chi connectivity index (χ1v) is 7.84. The van der Waals surface area contributed by atoms with Crippen molar-refractivity contribution < 1.29 is 4.79 Å². The minimum atomic E-state index is 0.197. The Labute approximate surface area is 131 Å². The molecule has 0 unspecified atom stereocenters. The first-order chi connectivity index (χ1) is 10.8. The SMILES string of the molecule is NC[C@@H]1CN(C(=O)Cc2ccccc2)C[C@H]1c1ccccc1. The molecule has 3 nitrogen and oxygen atoms in total. The number of nitrogens with zero attached hydrogens (tertiary/aromatic N) is 1.